The fourth-order valence-corrected chi connectivity index (χ4v) is 5.95. The number of piperidine rings is 1. The first kappa shape index (κ1) is 32.6. The molecule has 8 nitrogen and oxygen atoms in total. The van der Waals surface area contributed by atoms with Crippen LogP contribution in [-0.2, 0) is 27.0 Å². The Morgan fingerprint density at radius 1 is 0.976 bits per heavy atom. The molecule has 42 heavy (non-hydrogen) atoms. The van der Waals surface area contributed by atoms with E-state index in [9.17, 15) is 54.5 Å². The number of alkyl halides is 9. The highest BCUT2D eigenvalue weighted by molar-refractivity contribution is 5.79. The van der Waals surface area contributed by atoms with Crippen molar-refractivity contribution in [2.75, 3.05) is 44.3 Å². The van der Waals surface area contributed by atoms with E-state index in [0.29, 0.717) is 19.4 Å². The highest BCUT2D eigenvalue weighted by Crippen LogP contribution is 2.42. The average Bonchev–Trinajstić information content (AvgIpc) is 3.26. The van der Waals surface area contributed by atoms with Gasteiger partial charge in [0.1, 0.15) is 0 Å². The lowest BCUT2D eigenvalue weighted by Gasteiger charge is -2.46. The maximum atomic E-state index is 13.8. The Kier molecular flexibility index (Phi) is 9.29. The van der Waals surface area contributed by atoms with Crippen molar-refractivity contribution in [3.05, 3.63) is 29.3 Å². The predicted molar refractivity (Wildman–Crippen MR) is 127 cm³/mol. The van der Waals surface area contributed by atoms with Crippen LogP contribution in [0.15, 0.2) is 18.2 Å². The molecule has 1 aromatic rings. The summed E-state index contributed by atoms with van der Waals surface area (Å²) in [6.45, 7) is 0.295. The minimum absolute atomic E-state index is 0.0439. The highest BCUT2D eigenvalue weighted by atomic mass is 19.4. The van der Waals surface area contributed by atoms with Crippen LogP contribution in [0, 0.1) is 0 Å². The van der Waals surface area contributed by atoms with Gasteiger partial charge in [-0.3, -0.25) is 9.80 Å². The molecule has 3 saturated heterocycles. The largest absolute Gasteiger partial charge is 0.480 e. The SMILES string of the molecule is O=C(O)C1COCCN1c1cc(CN2CCCC23CCN(C(O)OC(C(F)(F)F)C(F)(F)F)CC3)cc(C(F)(F)F)c1. The summed E-state index contributed by atoms with van der Waals surface area (Å²) in [5.41, 5.74) is -1.23. The number of ether oxygens (including phenoxy) is 2. The topological polar surface area (TPSA) is 85.7 Å². The lowest BCUT2D eigenvalue weighted by Crippen LogP contribution is -2.56. The van der Waals surface area contributed by atoms with E-state index < -0.39 is 54.2 Å². The van der Waals surface area contributed by atoms with Crippen molar-refractivity contribution in [2.45, 2.75) is 74.9 Å². The summed E-state index contributed by atoms with van der Waals surface area (Å²) < 4.78 is 128. The van der Waals surface area contributed by atoms with Gasteiger partial charge in [0.15, 0.2) is 6.04 Å². The number of halogens is 9. The molecule has 0 radical (unpaired) electrons. The minimum atomic E-state index is -5.78. The number of benzene rings is 1. The Balaban J connectivity index is 1.50. The van der Waals surface area contributed by atoms with E-state index in [2.05, 4.69) is 4.74 Å². The van der Waals surface area contributed by atoms with Gasteiger partial charge in [0.05, 0.1) is 18.8 Å². The number of aliphatic carboxylic acids is 1. The second-order valence-corrected chi connectivity index (χ2v) is 10.7. The Bertz CT molecular complexity index is 1090. The summed E-state index contributed by atoms with van der Waals surface area (Å²) in [7, 11) is 0. The number of aliphatic hydroxyl groups excluding tert-OH is 1. The van der Waals surface area contributed by atoms with Crippen molar-refractivity contribution in [1.82, 2.24) is 9.80 Å². The summed E-state index contributed by atoms with van der Waals surface area (Å²) in [5, 5.41) is 19.6. The van der Waals surface area contributed by atoms with Crippen molar-refractivity contribution >= 4 is 11.7 Å². The van der Waals surface area contributed by atoms with Gasteiger partial charge in [-0.15, -0.1) is 0 Å². The second kappa shape index (κ2) is 12.0. The van der Waals surface area contributed by atoms with E-state index >= 15 is 0 Å². The van der Waals surface area contributed by atoms with Gasteiger partial charge >= 0.3 is 24.5 Å². The number of nitrogens with zero attached hydrogens (tertiary/aromatic N) is 3. The number of hydrogen-bond acceptors (Lipinski definition) is 7. The summed E-state index contributed by atoms with van der Waals surface area (Å²) in [4.78, 5) is 16.0. The number of carbonyl (C=O) groups is 1. The smallest absolute Gasteiger partial charge is 0.423 e. The van der Waals surface area contributed by atoms with Gasteiger partial charge in [-0.25, -0.2) is 4.79 Å². The zero-order valence-electron chi connectivity index (χ0n) is 22.1. The zero-order chi connectivity index (χ0) is 31.1. The maximum absolute atomic E-state index is 13.8. The third-order valence-electron chi connectivity index (χ3n) is 8.06. The van der Waals surface area contributed by atoms with Crippen molar-refractivity contribution in [3.63, 3.8) is 0 Å². The summed E-state index contributed by atoms with van der Waals surface area (Å²) >= 11 is 0. The molecule has 3 fully saturated rings. The van der Waals surface area contributed by atoms with Gasteiger partial charge in [-0.05, 0) is 56.0 Å². The molecule has 0 bridgehead atoms. The van der Waals surface area contributed by atoms with Crippen LogP contribution in [0.2, 0.25) is 0 Å². The number of anilines is 1. The normalized spacial score (nSPS) is 23.6. The van der Waals surface area contributed by atoms with Crippen LogP contribution in [0.25, 0.3) is 0 Å². The van der Waals surface area contributed by atoms with E-state index in [4.69, 9.17) is 4.74 Å². The molecule has 0 amide bonds. The number of morpholine rings is 1. The van der Waals surface area contributed by atoms with Crippen molar-refractivity contribution in [3.8, 4) is 0 Å². The van der Waals surface area contributed by atoms with Gasteiger partial charge in [-0.1, -0.05) is 0 Å². The minimum Gasteiger partial charge on any atom is -0.480 e. The molecule has 3 aliphatic heterocycles. The van der Waals surface area contributed by atoms with Crippen LogP contribution in [0.1, 0.15) is 36.8 Å². The molecule has 1 spiro atoms. The van der Waals surface area contributed by atoms with E-state index in [1.54, 1.807) is 0 Å². The highest BCUT2D eigenvalue weighted by Gasteiger charge is 2.59. The number of carboxylic acid groups (broad SMARTS) is 1. The molecular weight excluding hydrogens is 593 g/mol. The van der Waals surface area contributed by atoms with E-state index in [1.165, 1.54) is 11.0 Å². The number of likely N-dealkylation sites (tertiary alicyclic amines) is 2. The fourth-order valence-electron chi connectivity index (χ4n) is 5.95. The first-order valence-corrected chi connectivity index (χ1v) is 13.2. The molecule has 2 N–H and O–H groups in total. The molecule has 3 heterocycles. The molecule has 2 atom stereocenters. The van der Waals surface area contributed by atoms with Gasteiger partial charge < -0.3 is 24.6 Å². The Morgan fingerprint density at radius 3 is 2.19 bits per heavy atom. The molecule has 238 valence electrons. The van der Waals surface area contributed by atoms with Crippen LogP contribution in [0.4, 0.5) is 45.2 Å². The lowest BCUT2D eigenvalue weighted by atomic mass is 9.84. The van der Waals surface area contributed by atoms with E-state index in [1.807, 2.05) is 4.90 Å². The zero-order valence-corrected chi connectivity index (χ0v) is 22.1. The van der Waals surface area contributed by atoms with Gasteiger partial charge in [0, 0.05) is 37.4 Å². The summed E-state index contributed by atoms with van der Waals surface area (Å²) in [6.07, 6.45) is -21.2. The van der Waals surface area contributed by atoms with Gasteiger partial charge in [0.2, 0.25) is 6.41 Å². The lowest BCUT2D eigenvalue weighted by molar-refractivity contribution is -0.367. The number of rotatable bonds is 7. The average molecular weight is 624 g/mol. The van der Waals surface area contributed by atoms with Crippen LogP contribution < -0.4 is 4.90 Å². The maximum Gasteiger partial charge on any atom is 0.423 e. The Hall–Kier alpha value is -2.34. The van der Waals surface area contributed by atoms with Crippen molar-refractivity contribution in [1.29, 1.82) is 0 Å². The standard InChI is InChI=1S/C25H30F9N3O5/c26-23(27,28)16-10-15(11-17(12-16)37-8-9-41-14-18(37)19(38)39)13-36-5-1-2-22(36)3-6-35(7-4-22)21(40)42-20(24(29,30)31)25(32,33)34/h10-12,18,20-21,40H,1-9,13-14H2,(H,38,39). The third-order valence-corrected chi connectivity index (χ3v) is 8.06. The molecule has 1 aromatic carbocycles. The van der Waals surface area contributed by atoms with E-state index in [0.717, 1.165) is 17.0 Å². The predicted octanol–water partition coefficient (Wildman–Crippen LogP) is 4.21. The Labute approximate surface area is 234 Å². The second-order valence-electron chi connectivity index (χ2n) is 10.7. The third kappa shape index (κ3) is 7.23. The van der Waals surface area contributed by atoms with Crippen molar-refractivity contribution < 1.29 is 64.0 Å². The molecule has 17 heteroatoms. The molecule has 0 aliphatic carbocycles. The van der Waals surface area contributed by atoms with Gasteiger partial charge in [0.25, 0.3) is 6.10 Å². The van der Waals surface area contributed by atoms with Gasteiger partial charge in [-0.2, -0.15) is 39.5 Å². The molecule has 2 unspecified atom stereocenters. The molecule has 4 rings (SSSR count). The van der Waals surface area contributed by atoms with Crippen LogP contribution >= 0.6 is 0 Å². The fraction of sp³-hybridized carbons (Fsp3) is 0.720. The first-order chi connectivity index (χ1) is 19.4. The quantitative estimate of drug-likeness (QED) is 0.346. The number of carboxylic acids is 1. The number of hydrogen-bond donors (Lipinski definition) is 2. The summed E-state index contributed by atoms with van der Waals surface area (Å²) in [6, 6.07) is 2.18. The molecular formula is C25H30F9N3O5. The van der Waals surface area contributed by atoms with Crippen LogP contribution in [0.3, 0.4) is 0 Å². The molecule has 0 aromatic heterocycles. The van der Waals surface area contributed by atoms with Crippen LogP contribution in [-0.4, -0.2) is 102 Å². The Morgan fingerprint density at radius 2 is 1.62 bits per heavy atom. The monoisotopic (exact) mass is 623 g/mol. The van der Waals surface area contributed by atoms with E-state index in [-0.39, 0.29) is 63.5 Å². The first-order valence-electron chi connectivity index (χ1n) is 13.2. The number of aliphatic hydroxyl groups is 1. The summed E-state index contributed by atoms with van der Waals surface area (Å²) in [5.74, 6) is -1.25. The molecule has 3 aliphatic rings. The van der Waals surface area contributed by atoms with Crippen LogP contribution in [0.5, 0.6) is 0 Å². The molecule has 0 saturated carbocycles. The van der Waals surface area contributed by atoms with Crippen molar-refractivity contribution in [2.24, 2.45) is 0 Å².